The van der Waals surface area contributed by atoms with Gasteiger partial charge >= 0.3 is 0 Å². The molecule has 1 saturated heterocycles. The molecule has 1 aliphatic heterocycles. The quantitative estimate of drug-likeness (QED) is 0.921. The highest BCUT2D eigenvalue weighted by Crippen LogP contribution is 2.24. The molecule has 0 spiro atoms. The van der Waals surface area contributed by atoms with Crippen LogP contribution in [0.2, 0.25) is 0 Å². The monoisotopic (exact) mass is 328 g/mol. The molecular formula is C15H21FN2O3S. The third-order valence-electron chi connectivity index (χ3n) is 3.55. The molecule has 0 aliphatic carbocycles. The topological polar surface area (TPSA) is 66.5 Å². The molecule has 0 radical (unpaired) electrons. The number of piperidine rings is 1. The molecule has 1 N–H and O–H groups in total. The maximum absolute atomic E-state index is 14.0. The number of hydrogen-bond donors (Lipinski definition) is 1. The zero-order chi connectivity index (χ0) is 16.3. The van der Waals surface area contributed by atoms with Crippen molar-refractivity contribution in [1.29, 1.82) is 0 Å². The van der Waals surface area contributed by atoms with Crippen molar-refractivity contribution in [3.63, 3.8) is 0 Å². The number of carbonyl (C=O) groups excluding carboxylic acids is 1. The summed E-state index contributed by atoms with van der Waals surface area (Å²) in [6, 6.07) is 3.37. The average molecular weight is 328 g/mol. The van der Waals surface area contributed by atoms with E-state index in [-0.39, 0.29) is 11.6 Å². The second kappa shape index (κ2) is 6.75. The van der Waals surface area contributed by atoms with Crippen molar-refractivity contribution >= 4 is 15.9 Å². The summed E-state index contributed by atoms with van der Waals surface area (Å²) in [4.78, 5) is 11.6. The first-order chi connectivity index (χ1) is 10.3. The molecule has 0 aromatic heterocycles. The van der Waals surface area contributed by atoms with Gasteiger partial charge in [0.2, 0.25) is 10.0 Å². The third-order valence-corrected chi connectivity index (χ3v) is 5.46. The fourth-order valence-corrected chi connectivity index (χ4v) is 4.04. The average Bonchev–Trinajstić information content (AvgIpc) is 2.47. The van der Waals surface area contributed by atoms with Crippen molar-refractivity contribution in [2.24, 2.45) is 0 Å². The lowest BCUT2D eigenvalue weighted by Crippen LogP contribution is -2.36. The fourth-order valence-electron chi connectivity index (χ4n) is 2.43. The Bertz CT molecular complexity index is 653. The highest BCUT2D eigenvalue weighted by Gasteiger charge is 2.29. The van der Waals surface area contributed by atoms with E-state index in [1.165, 1.54) is 10.4 Å². The summed E-state index contributed by atoms with van der Waals surface area (Å²) in [5.41, 5.74) is 0.144. The standard InChI is InChI=1S/C15H21FN2O3S/c1-11(2)17-15(19)12-6-7-13(16)14(10-12)22(20,21)18-8-4-3-5-9-18/h6-7,10-11H,3-5,8-9H2,1-2H3,(H,17,19). The number of carbonyl (C=O) groups is 1. The molecule has 1 fully saturated rings. The molecule has 22 heavy (non-hydrogen) atoms. The molecule has 2 rings (SSSR count). The molecule has 1 heterocycles. The van der Waals surface area contributed by atoms with Crippen LogP contribution in [0.1, 0.15) is 43.5 Å². The number of nitrogens with zero attached hydrogens (tertiary/aromatic N) is 1. The summed E-state index contributed by atoms with van der Waals surface area (Å²) in [6.45, 7) is 4.38. The molecule has 1 aromatic carbocycles. The van der Waals surface area contributed by atoms with Crippen molar-refractivity contribution < 1.29 is 17.6 Å². The van der Waals surface area contributed by atoms with E-state index in [1.807, 2.05) is 0 Å². The SMILES string of the molecule is CC(C)NC(=O)c1ccc(F)c(S(=O)(=O)N2CCCCC2)c1. The Kier molecular flexibility index (Phi) is 5.18. The number of halogens is 1. The van der Waals surface area contributed by atoms with E-state index in [0.717, 1.165) is 31.4 Å². The molecule has 0 saturated carbocycles. The van der Waals surface area contributed by atoms with Gasteiger partial charge in [0.25, 0.3) is 5.91 Å². The van der Waals surface area contributed by atoms with Gasteiger partial charge in [-0.3, -0.25) is 4.79 Å². The van der Waals surface area contributed by atoms with Crippen LogP contribution in [-0.2, 0) is 10.0 Å². The second-order valence-corrected chi connectivity index (χ2v) is 7.64. The number of benzene rings is 1. The van der Waals surface area contributed by atoms with Crippen LogP contribution in [0.3, 0.4) is 0 Å². The van der Waals surface area contributed by atoms with Gasteiger partial charge in [0.1, 0.15) is 10.7 Å². The van der Waals surface area contributed by atoms with Crippen molar-refractivity contribution in [2.45, 2.75) is 44.0 Å². The summed E-state index contributed by atoms with van der Waals surface area (Å²) in [5, 5.41) is 2.67. The summed E-state index contributed by atoms with van der Waals surface area (Å²) < 4.78 is 40.4. The van der Waals surface area contributed by atoms with E-state index in [2.05, 4.69) is 5.32 Å². The Morgan fingerprint density at radius 1 is 1.23 bits per heavy atom. The fraction of sp³-hybridized carbons (Fsp3) is 0.533. The van der Waals surface area contributed by atoms with Crippen molar-refractivity contribution in [3.05, 3.63) is 29.6 Å². The number of rotatable bonds is 4. The first-order valence-corrected chi connectivity index (χ1v) is 8.87. The molecule has 1 aromatic rings. The van der Waals surface area contributed by atoms with E-state index in [4.69, 9.17) is 0 Å². The lowest BCUT2D eigenvalue weighted by Gasteiger charge is -2.26. The zero-order valence-corrected chi connectivity index (χ0v) is 13.6. The van der Waals surface area contributed by atoms with Gasteiger partial charge in [-0.2, -0.15) is 4.31 Å². The lowest BCUT2D eigenvalue weighted by atomic mass is 10.2. The molecule has 0 unspecified atom stereocenters. The van der Waals surface area contributed by atoms with Crippen molar-refractivity contribution in [1.82, 2.24) is 9.62 Å². The van der Waals surface area contributed by atoms with Crippen LogP contribution in [0.15, 0.2) is 23.1 Å². The van der Waals surface area contributed by atoms with Crippen LogP contribution < -0.4 is 5.32 Å². The van der Waals surface area contributed by atoms with Crippen molar-refractivity contribution in [2.75, 3.05) is 13.1 Å². The van der Waals surface area contributed by atoms with Gasteiger partial charge in [-0.1, -0.05) is 6.42 Å². The third kappa shape index (κ3) is 3.64. The second-order valence-electron chi connectivity index (χ2n) is 5.74. The Balaban J connectivity index is 2.35. The first-order valence-electron chi connectivity index (χ1n) is 7.43. The predicted octanol–water partition coefficient (Wildman–Crippen LogP) is 2.14. The number of hydrogen-bond acceptors (Lipinski definition) is 3. The van der Waals surface area contributed by atoms with Gasteiger partial charge < -0.3 is 5.32 Å². The van der Waals surface area contributed by atoms with Gasteiger partial charge in [0.05, 0.1) is 0 Å². The summed E-state index contributed by atoms with van der Waals surface area (Å²) in [6.07, 6.45) is 2.52. The Morgan fingerprint density at radius 2 is 1.86 bits per heavy atom. The summed E-state index contributed by atoms with van der Waals surface area (Å²) in [7, 11) is -3.90. The van der Waals surface area contributed by atoms with Crippen LogP contribution in [0.4, 0.5) is 4.39 Å². The molecule has 122 valence electrons. The molecule has 1 amide bonds. The van der Waals surface area contributed by atoms with E-state index >= 15 is 0 Å². The minimum atomic E-state index is -3.90. The highest BCUT2D eigenvalue weighted by atomic mass is 32.2. The summed E-state index contributed by atoms with van der Waals surface area (Å²) in [5.74, 6) is -1.24. The normalized spacial score (nSPS) is 16.7. The van der Waals surface area contributed by atoms with Gasteiger partial charge in [-0.15, -0.1) is 0 Å². The Morgan fingerprint density at radius 3 is 2.45 bits per heavy atom. The van der Waals surface area contributed by atoms with E-state index in [0.29, 0.717) is 13.1 Å². The zero-order valence-electron chi connectivity index (χ0n) is 12.8. The maximum Gasteiger partial charge on any atom is 0.251 e. The number of amides is 1. The van der Waals surface area contributed by atoms with E-state index in [1.54, 1.807) is 13.8 Å². The predicted molar refractivity (Wildman–Crippen MR) is 81.6 cm³/mol. The largest absolute Gasteiger partial charge is 0.350 e. The molecule has 0 bridgehead atoms. The van der Waals surface area contributed by atoms with Gasteiger partial charge in [0, 0.05) is 24.7 Å². The van der Waals surface area contributed by atoms with Gasteiger partial charge in [-0.05, 0) is 44.9 Å². The van der Waals surface area contributed by atoms with Crippen LogP contribution in [0, 0.1) is 5.82 Å². The lowest BCUT2D eigenvalue weighted by molar-refractivity contribution is 0.0943. The van der Waals surface area contributed by atoms with Gasteiger partial charge in [-0.25, -0.2) is 12.8 Å². The maximum atomic E-state index is 14.0. The van der Waals surface area contributed by atoms with E-state index in [9.17, 15) is 17.6 Å². The van der Waals surface area contributed by atoms with Crippen LogP contribution in [0.25, 0.3) is 0 Å². The van der Waals surface area contributed by atoms with Crippen LogP contribution in [-0.4, -0.2) is 37.8 Å². The molecular weight excluding hydrogens is 307 g/mol. The first kappa shape index (κ1) is 16.9. The van der Waals surface area contributed by atoms with Crippen molar-refractivity contribution in [3.8, 4) is 0 Å². The molecule has 1 aliphatic rings. The molecule has 5 nitrogen and oxygen atoms in total. The summed E-state index contributed by atoms with van der Waals surface area (Å²) >= 11 is 0. The Labute approximate surface area is 130 Å². The molecule has 7 heteroatoms. The van der Waals surface area contributed by atoms with E-state index < -0.39 is 26.6 Å². The highest BCUT2D eigenvalue weighted by molar-refractivity contribution is 7.89. The number of sulfonamides is 1. The smallest absolute Gasteiger partial charge is 0.251 e. The minimum absolute atomic E-state index is 0.0836. The number of nitrogens with one attached hydrogen (secondary N) is 1. The van der Waals surface area contributed by atoms with Crippen LogP contribution >= 0.6 is 0 Å². The minimum Gasteiger partial charge on any atom is -0.350 e. The van der Waals surface area contributed by atoms with Crippen LogP contribution in [0.5, 0.6) is 0 Å². The Hall–Kier alpha value is -1.47. The van der Waals surface area contributed by atoms with Gasteiger partial charge in [0.15, 0.2) is 0 Å². The molecule has 0 atom stereocenters.